The Morgan fingerprint density at radius 2 is 1.65 bits per heavy atom. The molecule has 2 aliphatic rings. The number of anilines is 3. The summed E-state index contributed by atoms with van der Waals surface area (Å²) in [5.41, 5.74) is 3.09. The van der Waals surface area contributed by atoms with E-state index in [9.17, 15) is 9.18 Å². The highest BCUT2D eigenvalue weighted by Gasteiger charge is 2.42. The molecule has 5 rings (SSSR count). The fourth-order valence-corrected chi connectivity index (χ4v) is 6.02. The first-order valence-electron chi connectivity index (χ1n) is 12.9. The van der Waals surface area contributed by atoms with Crippen LogP contribution in [0.2, 0.25) is 0 Å². The maximum Gasteiger partial charge on any atom is 0.258 e. The smallest absolute Gasteiger partial charge is 0.258 e. The molecule has 0 aliphatic carbocycles. The van der Waals surface area contributed by atoms with Gasteiger partial charge in [0, 0.05) is 60.4 Å². The van der Waals surface area contributed by atoms with Crippen LogP contribution in [0.3, 0.4) is 0 Å². The number of piperidine rings is 1. The topological polar surface area (TPSA) is 36.0 Å². The number of hydrogen-bond donors (Lipinski definition) is 0. The standard InChI is InChI=1S/C31H34FN3O2/c1-4-16-34-25-14-15-26(34)20-29(19-25)35(28-12-7-13-30(21-28)37-3)27-11-5-8-22(17-27)31(36)33(2)24-10-6-9-23(32)18-24/h4-13,17-18,21,25-26,29H,1,14-16,19-20H2,2-3H3/t25-,26+,29+. The second-order valence-electron chi connectivity index (χ2n) is 9.96. The van der Waals surface area contributed by atoms with Crippen LogP contribution >= 0.6 is 0 Å². The number of carbonyl (C=O) groups excluding carboxylic acids is 1. The predicted molar refractivity (Wildman–Crippen MR) is 147 cm³/mol. The molecule has 3 atom stereocenters. The molecule has 0 saturated carbocycles. The van der Waals surface area contributed by atoms with E-state index in [0.717, 1.165) is 36.5 Å². The van der Waals surface area contributed by atoms with Crippen LogP contribution in [0.15, 0.2) is 85.5 Å². The van der Waals surface area contributed by atoms with Crippen molar-refractivity contribution in [2.75, 3.05) is 30.5 Å². The Kier molecular flexibility index (Phi) is 7.28. The van der Waals surface area contributed by atoms with Crippen molar-refractivity contribution in [2.24, 2.45) is 0 Å². The molecule has 0 radical (unpaired) electrons. The molecule has 2 aliphatic heterocycles. The summed E-state index contributed by atoms with van der Waals surface area (Å²) in [7, 11) is 3.36. The number of halogens is 1. The summed E-state index contributed by atoms with van der Waals surface area (Å²) >= 11 is 0. The average Bonchev–Trinajstić information content (AvgIpc) is 3.15. The van der Waals surface area contributed by atoms with Crippen LogP contribution in [0, 0.1) is 5.82 Å². The molecule has 2 bridgehead atoms. The normalized spacial score (nSPS) is 20.9. The van der Waals surface area contributed by atoms with Crippen LogP contribution < -0.4 is 14.5 Å². The maximum absolute atomic E-state index is 13.8. The molecular weight excluding hydrogens is 465 g/mol. The molecule has 1 amide bonds. The molecule has 5 nitrogen and oxygen atoms in total. The second kappa shape index (κ2) is 10.8. The van der Waals surface area contributed by atoms with Gasteiger partial charge >= 0.3 is 0 Å². The van der Waals surface area contributed by atoms with Crippen molar-refractivity contribution in [3.63, 3.8) is 0 Å². The van der Waals surface area contributed by atoms with Crippen molar-refractivity contribution >= 4 is 23.0 Å². The Balaban J connectivity index is 1.49. The molecule has 2 heterocycles. The van der Waals surface area contributed by atoms with Gasteiger partial charge in [-0.2, -0.15) is 0 Å². The summed E-state index contributed by atoms with van der Waals surface area (Å²) in [6.07, 6.45) is 6.51. The van der Waals surface area contributed by atoms with E-state index in [-0.39, 0.29) is 17.8 Å². The summed E-state index contributed by atoms with van der Waals surface area (Å²) in [6.45, 7) is 4.89. The summed E-state index contributed by atoms with van der Waals surface area (Å²) in [5, 5.41) is 0. The second-order valence-corrected chi connectivity index (χ2v) is 9.96. The number of benzene rings is 3. The van der Waals surface area contributed by atoms with Gasteiger partial charge in [0.05, 0.1) is 7.11 Å². The van der Waals surface area contributed by atoms with Crippen LogP contribution in [-0.2, 0) is 0 Å². The molecule has 192 valence electrons. The third-order valence-electron chi connectivity index (χ3n) is 7.77. The summed E-state index contributed by atoms with van der Waals surface area (Å²) < 4.78 is 19.3. The van der Waals surface area contributed by atoms with E-state index < -0.39 is 0 Å². The first kappa shape index (κ1) is 25.0. The molecule has 37 heavy (non-hydrogen) atoms. The van der Waals surface area contributed by atoms with E-state index in [1.807, 2.05) is 36.4 Å². The lowest BCUT2D eigenvalue weighted by Crippen LogP contribution is -2.49. The van der Waals surface area contributed by atoms with E-state index >= 15 is 0 Å². The molecular formula is C31H34FN3O2. The van der Waals surface area contributed by atoms with Crippen molar-refractivity contribution < 1.29 is 13.9 Å². The fourth-order valence-electron chi connectivity index (χ4n) is 6.02. The summed E-state index contributed by atoms with van der Waals surface area (Å²) in [4.78, 5) is 19.9. The lowest BCUT2D eigenvalue weighted by Gasteiger charge is -2.44. The van der Waals surface area contributed by atoms with Crippen molar-refractivity contribution in [2.45, 2.75) is 43.8 Å². The largest absolute Gasteiger partial charge is 0.497 e. The Morgan fingerprint density at radius 1 is 1.00 bits per heavy atom. The van der Waals surface area contributed by atoms with Crippen LogP contribution in [0.1, 0.15) is 36.0 Å². The molecule has 2 fully saturated rings. The van der Waals surface area contributed by atoms with Crippen molar-refractivity contribution in [1.82, 2.24) is 4.90 Å². The maximum atomic E-state index is 13.8. The quantitative estimate of drug-likeness (QED) is 0.335. The Labute approximate surface area is 218 Å². The summed E-state index contributed by atoms with van der Waals surface area (Å²) in [5.74, 6) is 0.249. The first-order valence-corrected chi connectivity index (χ1v) is 12.9. The molecule has 3 aromatic rings. The third kappa shape index (κ3) is 5.12. The van der Waals surface area contributed by atoms with Gasteiger partial charge in [-0.25, -0.2) is 4.39 Å². The van der Waals surface area contributed by atoms with Gasteiger partial charge in [-0.05, 0) is 74.2 Å². The number of amides is 1. The molecule has 0 N–H and O–H groups in total. The molecule has 0 spiro atoms. The Morgan fingerprint density at radius 3 is 2.32 bits per heavy atom. The van der Waals surface area contributed by atoms with Crippen LogP contribution in [-0.4, -0.2) is 49.6 Å². The number of rotatable bonds is 8. The van der Waals surface area contributed by atoms with E-state index in [1.54, 1.807) is 26.3 Å². The molecule has 3 aromatic carbocycles. The molecule has 0 unspecified atom stereocenters. The van der Waals surface area contributed by atoms with Gasteiger partial charge in [0.25, 0.3) is 5.91 Å². The third-order valence-corrected chi connectivity index (χ3v) is 7.77. The van der Waals surface area contributed by atoms with Gasteiger partial charge in [-0.15, -0.1) is 6.58 Å². The first-order chi connectivity index (χ1) is 18.0. The zero-order chi connectivity index (χ0) is 25.9. The van der Waals surface area contributed by atoms with Crippen LogP contribution in [0.5, 0.6) is 5.75 Å². The minimum atomic E-state index is -0.368. The molecule has 6 heteroatoms. The monoisotopic (exact) mass is 499 g/mol. The van der Waals surface area contributed by atoms with Gasteiger partial charge in [0.2, 0.25) is 0 Å². The number of ether oxygens (including phenoxy) is 1. The minimum Gasteiger partial charge on any atom is -0.497 e. The average molecular weight is 500 g/mol. The lowest BCUT2D eigenvalue weighted by atomic mass is 9.94. The number of methoxy groups -OCH3 is 1. The van der Waals surface area contributed by atoms with Crippen molar-refractivity contribution in [3.05, 3.63) is 96.8 Å². The predicted octanol–water partition coefficient (Wildman–Crippen LogP) is 6.43. The van der Waals surface area contributed by atoms with Gasteiger partial charge in [-0.3, -0.25) is 9.69 Å². The van der Waals surface area contributed by atoms with Crippen molar-refractivity contribution in [1.29, 1.82) is 0 Å². The SMILES string of the molecule is C=CCN1[C@@H]2CC[C@H]1C[C@@H](N(c1cccc(OC)c1)c1cccc(C(=O)N(C)c3cccc(F)c3)c1)C2. The lowest BCUT2D eigenvalue weighted by molar-refractivity contribution is 0.0993. The van der Waals surface area contributed by atoms with E-state index in [0.29, 0.717) is 23.3 Å². The number of fused-ring (bicyclic) bond motifs is 2. The fraction of sp³-hybridized carbons (Fsp3) is 0.323. The highest BCUT2D eigenvalue weighted by atomic mass is 19.1. The van der Waals surface area contributed by atoms with Gasteiger partial charge in [0.1, 0.15) is 11.6 Å². The summed E-state index contributed by atoms with van der Waals surface area (Å²) in [6, 6.07) is 23.3. The molecule has 2 saturated heterocycles. The number of nitrogens with zero attached hydrogens (tertiary/aromatic N) is 3. The van der Waals surface area contributed by atoms with Crippen molar-refractivity contribution in [3.8, 4) is 5.75 Å². The van der Waals surface area contributed by atoms with Gasteiger partial charge < -0.3 is 14.5 Å². The van der Waals surface area contributed by atoms with Crippen LogP contribution in [0.4, 0.5) is 21.5 Å². The van der Waals surface area contributed by atoms with Gasteiger partial charge in [0.15, 0.2) is 0 Å². The Hall–Kier alpha value is -3.64. The van der Waals surface area contributed by atoms with E-state index in [4.69, 9.17) is 4.74 Å². The minimum absolute atomic E-state index is 0.182. The van der Waals surface area contributed by atoms with E-state index in [2.05, 4.69) is 34.6 Å². The highest BCUT2D eigenvalue weighted by Crippen LogP contribution is 2.42. The highest BCUT2D eigenvalue weighted by molar-refractivity contribution is 6.06. The zero-order valence-electron chi connectivity index (χ0n) is 21.5. The van der Waals surface area contributed by atoms with E-state index in [1.165, 1.54) is 29.9 Å². The number of carbonyl (C=O) groups is 1. The van der Waals surface area contributed by atoms with Gasteiger partial charge in [-0.1, -0.05) is 24.3 Å². The van der Waals surface area contributed by atoms with Crippen LogP contribution in [0.25, 0.3) is 0 Å². The number of hydrogen-bond acceptors (Lipinski definition) is 4. The molecule has 0 aromatic heterocycles. The Bertz CT molecular complexity index is 1260. The zero-order valence-corrected chi connectivity index (χ0v) is 21.5.